The van der Waals surface area contributed by atoms with Crippen molar-refractivity contribution in [1.82, 2.24) is 0 Å². The maximum Gasteiger partial charge on any atom is 0.265 e. The van der Waals surface area contributed by atoms with Crippen LogP contribution < -0.4 is 15.8 Å². The van der Waals surface area contributed by atoms with Gasteiger partial charge in [0.2, 0.25) is 0 Å². The Balaban J connectivity index is 2.06. The lowest BCUT2D eigenvalue weighted by Gasteiger charge is -2.16. The van der Waals surface area contributed by atoms with Gasteiger partial charge in [-0.1, -0.05) is 29.8 Å². The van der Waals surface area contributed by atoms with Crippen LogP contribution in [0.25, 0.3) is 0 Å². The number of nitrogens with two attached hydrogens (primary N) is 1. The third kappa shape index (κ3) is 3.89. The van der Waals surface area contributed by atoms with E-state index in [1.165, 1.54) is 0 Å². The van der Waals surface area contributed by atoms with Crippen molar-refractivity contribution in [3.05, 3.63) is 53.1 Å². The zero-order valence-corrected chi connectivity index (χ0v) is 12.6. The number of anilines is 2. The van der Waals surface area contributed by atoms with Crippen molar-refractivity contribution in [2.75, 3.05) is 11.1 Å². The quantitative estimate of drug-likeness (QED) is 0.848. The van der Waals surface area contributed by atoms with Gasteiger partial charge in [0.1, 0.15) is 5.75 Å². The predicted octanol–water partition coefficient (Wildman–Crippen LogP) is 3.64. The predicted molar refractivity (Wildman–Crippen MR) is 85.8 cm³/mol. The second-order valence-electron chi connectivity index (χ2n) is 4.75. The molecular weight excluding hydrogens is 288 g/mol. The highest BCUT2D eigenvalue weighted by Gasteiger charge is 2.16. The van der Waals surface area contributed by atoms with Crippen molar-refractivity contribution >= 4 is 28.9 Å². The van der Waals surface area contributed by atoms with Crippen LogP contribution in [0.3, 0.4) is 0 Å². The van der Waals surface area contributed by atoms with E-state index in [1.807, 2.05) is 13.0 Å². The molecule has 0 fully saturated rings. The van der Waals surface area contributed by atoms with Crippen LogP contribution in [0.15, 0.2) is 42.5 Å². The monoisotopic (exact) mass is 304 g/mol. The number of para-hydroxylation sites is 1. The van der Waals surface area contributed by atoms with Crippen molar-refractivity contribution in [2.45, 2.75) is 20.0 Å². The van der Waals surface area contributed by atoms with E-state index >= 15 is 0 Å². The molecule has 2 rings (SSSR count). The van der Waals surface area contributed by atoms with E-state index in [4.69, 9.17) is 22.1 Å². The smallest absolute Gasteiger partial charge is 0.265 e. The molecule has 0 aliphatic heterocycles. The van der Waals surface area contributed by atoms with Crippen molar-refractivity contribution in [1.29, 1.82) is 0 Å². The first-order valence-electron chi connectivity index (χ1n) is 6.55. The van der Waals surface area contributed by atoms with Crippen LogP contribution in [0.4, 0.5) is 11.4 Å². The summed E-state index contributed by atoms with van der Waals surface area (Å²) in [6.07, 6.45) is -0.675. The molecule has 5 heteroatoms. The normalized spacial score (nSPS) is 11.8. The summed E-state index contributed by atoms with van der Waals surface area (Å²) in [4.78, 5) is 12.2. The van der Waals surface area contributed by atoms with Gasteiger partial charge >= 0.3 is 0 Å². The zero-order valence-electron chi connectivity index (χ0n) is 11.9. The highest BCUT2D eigenvalue weighted by Crippen LogP contribution is 2.25. The maximum absolute atomic E-state index is 12.2. The molecule has 0 aliphatic rings. The maximum atomic E-state index is 12.2. The number of rotatable bonds is 4. The molecule has 0 heterocycles. The number of amides is 1. The number of nitrogens with one attached hydrogen (secondary N) is 1. The summed E-state index contributed by atoms with van der Waals surface area (Å²) in [5.74, 6) is 0.217. The first-order chi connectivity index (χ1) is 9.97. The third-order valence-corrected chi connectivity index (χ3v) is 3.34. The molecule has 0 aromatic heterocycles. The van der Waals surface area contributed by atoms with E-state index < -0.39 is 6.10 Å². The molecular formula is C16H17ClN2O2. The van der Waals surface area contributed by atoms with Gasteiger partial charge in [-0.3, -0.25) is 4.79 Å². The minimum atomic E-state index is -0.675. The second-order valence-corrected chi connectivity index (χ2v) is 5.16. The third-order valence-electron chi connectivity index (χ3n) is 3.03. The number of nitrogen functional groups attached to an aromatic ring is 1. The Labute approximate surface area is 128 Å². The SMILES string of the molecule is Cc1ccc(N)cc1NC(=O)[C@H](C)Oc1ccccc1Cl. The van der Waals surface area contributed by atoms with Crippen LogP contribution in [-0.4, -0.2) is 12.0 Å². The molecule has 0 radical (unpaired) electrons. The number of benzene rings is 2. The van der Waals surface area contributed by atoms with Gasteiger partial charge in [-0.2, -0.15) is 0 Å². The Hall–Kier alpha value is -2.20. The van der Waals surface area contributed by atoms with E-state index in [-0.39, 0.29) is 5.91 Å². The summed E-state index contributed by atoms with van der Waals surface area (Å²) in [6, 6.07) is 12.4. The summed E-state index contributed by atoms with van der Waals surface area (Å²) in [5.41, 5.74) is 7.92. The van der Waals surface area contributed by atoms with Gasteiger partial charge < -0.3 is 15.8 Å². The molecule has 3 N–H and O–H groups in total. The largest absolute Gasteiger partial charge is 0.479 e. The fourth-order valence-electron chi connectivity index (χ4n) is 1.79. The minimum Gasteiger partial charge on any atom is -0.479 e. The van der Waals surface area contributed by atoms with Gasteiger partial charge in [-0.15, -0.1) is 0 Å². The number of hydrogen-bond acceptors (Lipinski definition) is 3. The number of halogens is 1. The van der Waals surface area contributed by atoms with Gasteiger partial charge in [0.15, 0.2) is 6.10 Å². The second kappa shape index (κ2) is 6.50. The Morgan fingerprint density at radius 2 is 2.00 bits per heavy atom. The summed E-state index contributed by atoms with van der Waals surface area (Å²) >= 11 is 6.01. The fraction of sp³-hybridized carbons (Fsp3) is 0.188. The Bertz CT molecular complexity index is 658. The zero-order chi connectivity index (χ0) is 15.4. The lowest BCUT2D eigenvalue weighted by molar-refractivity contribution is -0.122. The molecule has 0 saturated heterocycles. The Kier molecular flexibility index (Phi) is 4.70. The molecule has 0 aliphatic carbocycles. The van der Waals surface area contributed by atoms with Crippen LogP contribution in [0, 0.1) is 6.92 Å². The van der Waals surface area contributed by atoms with Gasteiger partial charge in [0.25, 0.3) is 5.91 Å². The topological polar surface area (TPSA) is 64.3 Å². The van der Waals surface area contributed by atoms with Crippen LogP contribution in [0.5, 0.6) is 5.75 Å². The van der Waals surface area contributed by atoms with Crippen molar-refractivity contribution in [3.63, 3.8) is 0 Å². The van der Waals surface area contributed by atoms with E-state index in [2.05, 4.69) is 5.32 Å². The minimum absolute atomic E-state index is 0.261. The van der Waals surface area contributed by atoms with E-state index in [1.54, 1.807) is 43.3 Å². The van der Waals surface area contributed by atoms with Crippen LogP contribution >= 0.6 is 11.6 Å². The molecule has 1 atom stereocenters. The molecule has 1 amide bonds. The average molecular weight is 305 g/mol. The molecule has 0 saturated carbocycles. The summed E-state index contributed by atoms with van der Waals surface area (Å²) < 4.78 is 5.57. The molecule has 2 aromatic carbocycles. The molecule has 4 nitrogen and oxygen atoms in total. The highest BCUT2D eigenvalue weighted by molar-refractivity contribution is 6.32. The van der Waals surface area contributed by atoms with Crippen molar-refractivity contribution < 1.29 is 9.53 Å². The van der Waals surface area contributed by atoms with E-state index in [0.29, 0.717) is 22.1 Å². The first kappa shape index (κ1) is 15.2. The molecule has 0 unspecified atom stereocenters. The standard InChI is InChI=1S/C16H17ClN2O2/c1-10-7-8-12(18)9-14(10)19-16(20)11(2)21-15-6-4-3-5-13(15)17/h3-9,11H,18H2,1-2H3,(H,19,20)/t11-/m0/s1. The Morgan fingerprint density at radius 3 is 2.71 bits per heavy atom. The molecule has 2 aromatic rings. The van der Waals surface area contributed by atoms with Crippen LogP contribution in [0.2, 0.25) is 5.02 Å². The van der Waals surface area contributed by atoms with E-state index in [9.17, 15) is 4.79 Å². The van der Waals surface area contributed by atoms with Gasteiger partial charge in [-0.05, 0) is 43.7 Å². The number of ether oxygens (including phenoxy) is 1. The molecule has 0 bridgehead atoms. The Morgan fingerprint density at radius 1 is 1.29 bits per heavy atom. The van der Waals surface area contributed by atoms with Gasteiger partial charge in [0.05, 0.1) is 5.02 Å². The van der Waals surface area contributed by atoms with Gasteiger partial charge in [-0.25, -0.2) is 0 Å². The van der Waals surface area contributed by atoms with Gasteiger partial charge in [0, 0.05) is 11.4 Å². The number of carbonyl (C=O) groups excluding carboxylic acids is 1. The lowest BCUT2D eigenvalue weighted by Crippen LogP contribution is -2.30. The number of aryl methyl sites for hydroxylation is 1. The molecule has 110 valence electrons. The van der Waals surface area contributed by atoms with Crippen LogP contribution in [-0.2, 0) is 4.79 Å². The van der Waals surface area contributed by atoms with Crippen molar-refractivity contribution in [2.24, 2.45) is 0 Å². The fourth-order valence-corrected chi connectivity index (χ4v) is 1.97. The number of hydrogen-bond donors (Lipinski definition) is 2. The molecule has 0 spiro atoms. The summed E-state index contributed by atoms with van der Waals surface area (Å²) in [7, 11) is 0. The molecule has 21 heavy (non-hydrogen) atoms. The van der Waals surface area contributed by atoms with Crippen molar-refractivity contribution in [3.8, 4) is 5.75 Å². The highest BCUT2D eigenvalue weighted by atomic mass is 35.5. The average Bonchev–Trinajstić information content (AvgIpc) is 2.45. The summed E-state index contributed by atoms with van der Waals surface area (Å²) in [6.45, 7) is 3.56. The first-order valence-corrected chi connectivity index (χ1v) is 6.93. The van der Waals surface area contributed by atoms with E-state index in [0.717, 1.165) is 5.56 Å². The lowest BCUT2D eigenvalue weighted by atomic mass is 10.1. The number of carbonyl (C=O) groups is 1. The van der Waals surface area contributed by atoms with Crippen LogP contribution in [0.1, 0.15) is 12.5 Å². The summed E-state index contributed by atoms with van der Waals surface area (Å²) in [5, 5.41) is 3.27.